The maximum Gasteiger partial charge on any atom is 0.325 e. The van der Waals surface area contributed by atoms with Gasteiger partial charge in [0.05, 0.1) is 0 Å². The Hall–Kier alpha value is -0.650. The van der Waals surface area contributed by atoms with Crippen molar-refractivity contribution in [1.82, 2.24) is 10.2 Å². The third-order valence-electron chi connectivity index (χ3n) is 4.10. The number of hydrogen-bond acceptors (Lipinski definition) is 4. The van der Waals surface area contributed by atoms with E-state index in [2.05, 4.69) is 10.2 Å². The van der Waals surface area contributed by atoms with Crippen molar-refractivity contribution in [2.24, 2.45) is 5.92 Å². The molecular weight excluding hydrogens is 244 g/mol. The Morgan fingerprint density at radius 3 is 2.58 bits per heavy atom. The van der Waals surface area contributed by atoms with Gasteiger partial charge in [-0.2, -0.15) is 0 Å². The molecule has 2 aliphatic carbocycles. The van der Waals surface area contributed by atoms with Gasteiger partial charge in [0.15, 0.2) is 0 Å². The summed E-state index contributed by atoms with van der Waals surface area (Å²) < 4.78 is 5.05. The van der Waals surface area contributed by atoms with E-state index in [4.69, 9.17) is 4.74 Å². The Labute approximate surface area is 115 Å². The van der Waals surface area contributed by atoms with Crippen LogP contribution >= 0.6 is 0 Å². The van der Waals surface area contributed by atoms with Crippen LogP contribution in [0.5, 0.6) is 0 Å². The van der Waals surface area contributed by atoms with E-state index in [1.165, 1.54) is 0 Å². The van der Waals surface area contributed by atoms with Gasteiger partial charge in [-0.1, -0.05) is 0 Å². The van der Waals surface area contributed by atoms with E-state index in [1.807, 2.05) is 7.05 Å². The molecule has 2 rings (SSSR count). The number of rotatable bonds is 10. The summed E-state index contributed by atoms with van der Waals surface area (Å²) in [6, 6.07) is 0.420. The van der Waals surface area contributed by atoms with Crippen LogP contribution in [0.1, 0.15) is 32.1 Å². The molecule has 2 fully saturated rings. The Morgan fingerprint density at radius 2 is 2.11 bits per heavy atom. The molecule has 0 heterocycles. The van der Waals surface area contributed by atoms with Crippen molar-refractivity contribution in [1.29, 1.82) is 0 Å². The molecule has 1 atom stereocenters. The second kappa shape index (κ2) is 6.20. The van der Waals surface area contributed by atoms with Gasteiger partial charge in [0, 0.05) is 32.8 Å². The van der Waals surface area contributed by atoms with Gasteiger partial charge in [0.1, 0.15) is 5.54 Å². The van der Waals surface area contributed by atoms with E-state index in [0.29, 0.717) is 18.5 Å². The minimum absolute atomic E-state index is 0.301. The number of aliphatic carboxylic acids is 1. The quantitative estimate of drug-likeness (QED) is 0.579. The zero-order valence-corrected chi connectivity index (χ0v) is 12.0. The predicted octanol–water partition coefficient (Wildman–Crippen LogP) is 0.940. The molecule has 2 saturated carbocycles. The number of carbonyl (C=O) groups is 1. The van der Waals surface area contributed by atoms with Crippen LogP contribution in [-0.2, 0) is 9.53 Å². The Bertz CT molecular complexity index is 316. The number of nitrogens with one attached hydrogen (secondary N) is 1. The standard InChI is InChI=1S/C14H26N2O3/c1-16(8-3-9-19-2)10-14(13(17)18,11-4-5-11)15-12-6-7-12/h11-12,15H,3-10H2,1-2H3,(H,17,18). The minimum atomic E-state index is -0.733. The highest BCUT2D eigenvalue weighted by Gasteiger charge is 2.53. The van der Waals surface area contributed by atoms with Crippen LogP contribution < -0.4 is 5.32 Å². The van der Waals surface area contributed by atoms with Gasteiger partial charge in [-0.15, -0.1) is 0 Å². The summed E-state index contributed by atoms with van der Waals surface area (Å²) in [6.07, 6.45) is 5.26. The molecule has 5 nitrogen and oxygen atoms in total. The summed E-state index contributed by atoms with van der Waals surface area (Å²) in [7, 11) is 3.70. The number of likely N-dealkylation sites (N-methyl/N-ethyl adjacent to an activating group) is 1. The topological polar surface area (TPSA) is 61.8 Å². The van der Waals surface area contributed by atoms with Crippen LogP contribution in [0.4, 0.5) is 0 Å². The first-order valence-corrected chi connectivity index (χ1v) is 7.27. The lowest BCUT2D eigenvalue weighted by atomic mass is 9.92. The van der Waals surface area contributed by atoms with Crippen molar-refractivity contribution >= 4 is 5.97 Å². The summed E-state index contributed by atoms with van der Waals surface area (Å²) in [6.45, 7) is 2.19. The predicted molar refractivity (Wildman–Crippen MR) is 73.2 cm³/mol. The first-order valence-electron chi connectivity index (χ1n) is 7.27. The third-order valence-corrected chi connectivity index (χ3v) is 4.10. The maximum absolute atomic E-state index is 11.8. The number of ether oxygens (including phenoxy) is 1. The lowest BCUT2D eigenvalue weighted by molar-refractivity contribution is -0.147. The number of nitrogens with zero attached hydrogens (tertiary/aromatic N) is 1. The first-order chi connectivity index (χ1) is 9.08. The lowest BCUT2D eigenvalue weighted by Gasteiger charge is -2.35. The number of carboxylic acids is 1. The fourth-order valence-electron chi connectivity index (χ4n) is 2.75. The number of methoxy groups -OCH3 is 1. The second-order valence-corrected chi connectivity index (χ2v) is 6.05. The smallest absolute Gasteiger partial charge is 0.325 e. The van der Waals surface area contributed by atoms with Crippen molar-refractivity contribution in [2.75, 3.05) is 33.9 Å². The van der Waals surface area contributed by atoms with Crippen LogP contribution in [0.2, 0.25) is 0 Å². The van der Waals surface area contributed by atoms with E-state index in [0.717, 1.165) is 45.3 Å². The van der Waals surface area contributed by atoms with Gasteiger partial charge in [-0.05, 0) is 45.1 Å². The van der Waals surface area contributed by atoms with Gasteiger partial charge in [-0.3, -0.25) is 10.1 Å². The van der Waals surface area contributed by atoms with Gasteiger partial charge >= 0.3 is 5.97 Å². The summed E-state index contributed by atoms with van der Waals surface area (Å²) in [5.74, 6) is -0.379. The van der Waals surface area contributed by atoms with Crippen LogP contribution in [0.3, 0.4) is 0 Å². The highest BCUT2D eigenvalue weighted by atomic mass is 16.5. The molecule has 0 radical (unpaired) electrons. The molecule has 0 saturated heterocycles. The molecular formula is C14H26N2O3. The SMILES string of the molecule is COCCCN(C)CC(NC1CC1)(C(=O)O)C1CC1. The van der Waals surface area contributed by atoms with Crippen molar-refractivity contribution in [3.05, 3.63) is 0 Å². The van der Waals surface area contributed by atoms with Crippen molar-refractivity contribution in [2.45, 2.75) is 43.7 Å². The molecule has 110 valence electrons. The molecule has 19 heavy (non-hydrogen) atoms. The van der Waals surface area contributed by atoms with E-state index in [1.54, 1.807) is 7.11 Å². The zero-order chi connectivity index (χ0) is 13.9. The Kier molecular flexibility index (Phi) is 4.81. The minimum Gasteiger partial charge on any atom is -0.480 e. The fraction of sp³-hybridized carbons (Fsp3) is 0.929. The number of carboxylic acid groups (broad SMARTS) is 1. The zero-order valence-electron chi connectivity index (χ0n) is 12.0. The Balaban J connectivity index is 1.93. The largest absolute Gasteiger partial charge is 0.480 e. The summed E-state index contributed by atoms with van der Waals surface area (Å²) in [5, 5.41) is 13.1. The van der Waals surface area contributed by atoms with Gasteiger partial charge in [0.2, 0.25) is 0 Å². The van der Waals surface area contributed by atoms with Gasteiger partial charge in [-0.25, -0.2) is 0 Å². The van der Waals surface area contributed by atoms with E-state index >= 15 is 0 Å². The van der Waals surface area contributed by atoms with Crippen LogP contribution in [-0.4, -0.2) is 61.4 Å². The summed E-state index contributed by atoms with van der Waals surface area (Å²) >= 11 is 0. The first kappa shape index (κ1) is 14.8. The molecule has 1 unspecified atom stereocenters. The molecule has 0 aromatic heterocycles. The maximum atomic E-state index is 11.8. The van der Waals surface area contributed by atoms with Gasteiger partial charge in [0.25, 0.3) is 0 Å². The van der Waals surface area contributed by atoms with Crippen LogP contribution in [0.25, 0.3) is 0 Å². The van der Waals surface area contributed by atoms with Crippen molar-refractivity contribution in [3.8, 4) is 0 Å². The normalized spacial score (nSPS) is 22.5. The molecule has 0 amide bonds. The molecule has 0 aromatic carbocycles. The molecule has 0 spiro atoms. The molecule has 2 aliphatic rings. The fourth-order valence-corrected chi connectivity index (χ4v) is 2.75. The summed E-state index contributed by atoms with van der Waals surface area (Å²) in [5.41, 5.74) is -0.733. The molecule has 0 aromatic rings. The van der Waals surface area contributed by atoms with Gasteiger partial charge < -0.3 is 14.7 Å². The third kappa shape index (κ3) is 3.91. The van der Waals surface area contributed by atoms with E-state index in [9.17, 15) is 9.90 Å². The molecule has 5 heteroatoms. The molecule has 0 bridgehead atoms. The highest BCUT2D eigenvalue weighted by Crippen LogP contribution is 2.42. The van der Waals surface area contributed by atoms with Crippen molar-refractivity contribution in [3.63, 3.8) is 0 Å². The average molecular weight is 270 g/mol. The van der Waals surface area contributed by atoms with Crippen molar-refractivity contribution < 1.29 is 14.6 Å². The lowest BCUT2D eigenvalue weighted by Crippen LogP contribution is -2.61. The average Bonchev–Trinajstić information content (AvgIpc) is 3.21. The molecule has 0 aliphatic heterocycles. The second-order valence-electron chi connectivity index (χ2n) is 6.05. The summed E-state index contributed by atoms with van der Waals surface area (Å²) in [4.78, 5) is 13.9. The number of hydrogen-bond donors (Lipinski definition) is 2. The molecule has 2 N–H and O–H groups in total. The highest BCUT2D eigenvalue weighted by molar-refractivity contribution is 5.80. The van der Waals surface area contributed by atoms with E-state index in [-0.39, 0.29) is 0 Å². The Morgan fingerprint density at radius 1 is 1.42 bits per heavy atom. The monoisotopic (exact) mass is 270 g/mol. The van der Waals surface area contributed by atoms with E-state index < -0.39 is 11.5 Å². The van der Waals surface area contributed by atoms with Crippen LogP contribution in [0.15, 0.2) is 0 Å². The van der Waals surface area contributed by atoms with Crippen LogP contribution in [0, 0.1) is 5.92 Å².